The number of primary amides is 1. The van der Waals surface area contributed by atoms with Gasteiger partial charge >= 0.3 is 0 Å². The fraction of sp³-hybridized carbons (Fsp3) is 0.333. The van der Waals surface area contributed by atoms with E-state index in [1.807, 2.05) is 24.3 Å². The summed E-state index contributed by atoms with van der Waals surface area (Å²) in [7, 11) is 1.55. The molecule has 1 rings (SSSR count). The number of rotatable bonds is 5. The first-order valence-electron chi connectivity index (χ1n) is 5.33. The minimum atomic E-state index is -0.520. The number of nitrogens with zero attached hydrogens (tertiary/aromatic N) is 1. The van der Waals surface area contributed by atoms with Gasteiger partial charge in [-0.25, -0.2) is 0 Å². The first-order chi connectivity index (χ1) is 8.04. The van der Waals surface area contributed by atoms with Crippen molar-refractivity contribution in [2.75, 3.05) is 13.6 Å². The Hall–Kier alpha value is -1.88. The molecule has 0 radical (unpaired) electrons. The molecule has 1 aromatic carbocycles. The summed E-state index contributed by atoms with van der Waals surface area (Å²) < 4.78 is 0. The number of amides is 2. The van der Waals surface area contributed by atoms with Crippen LogP contribution in [-0.2, 0) is 22.6 Å². The van der Waals surface area contributed by atoms with E-state index in [0.717, 1.165) is 11.1 Å². The molecular weight excluding hydrogens is 218 g/mol. The Bertz CT molecular complexity index is 418. The van der Waals surface area contributed by atoms with E-state index < -0.39 is 5.91 Å². The average molecular weight is 235 g/mol. The number of nitrogens with two attached hydrogens (primary N) is 2. The van der Waals surface area contributed by atoms with Gasteiger partial charge < -0.3 is 16.4 Å². The number of hydrogen-bond acceptors (Lipinski definition) is 3. The van der Waals surface area contributed by atoms with Gasteiger partial charge in [0.1, 0.15) is 0 Å². The fourth-order valence-electron chi connectivity index (χ4n) is 1.55. The molecule has 0 heterocycles. The topological polar surface area (TPSA) is 89.4 Å². The highest BCUT2D eigenvalue weighted by atomic mass is 16.2. The molecule has 0 unspecified atom stereocenters. The van der Waals surface area contributed by atoms with Gasteiger partial charge in [0.15, 0.2) is 0 Å². The van der Waals surface area contributed by atoms with E-state index in [2.05, 4.69) is 0 Å². The van der Waals surface area contributed by atoms with Crippen LogP contribution >= 0.6 is 0 Å². The van der Waals surface area contributed by atoms with Crippen molar-refractivity contribution in [3.05, 3.63) is 35.4 Å². The third-order valence-corrected chi connectivity index (χ3v) is 2.50. The fourth-order valence-corrected chi connectivity index (χ4v) is 1.55. The minimum Gasteiger partial charge on any atom is -0.368 e. The summed E-state index contributed by atoms with van der Waals surface area (Å²) in [6.45, 7) is 0.326. The lowest BCUT2D eigenvalue weighted by Gasteiger charge is -2.16. The van der Waals surface area contributed by atoms with Gasteiger partial charge in [-0.3, -0.25) is 9.59 Å². The van der Waals surface area contributed by atoms with Crippen LogP contribution in [0, 0.1) is 0 Å². The standard InChI is InChI=1S/C12H17N3O2/c1-15(8-11(14)16)12(17)6-9-4-2-3-5-10(9)7-13/h2-5H,6-8,13H2,1H3,(H2,14,16). The highest BCUT2D eigenvalue weighted by molar-refractivity contribution is 5.84. The van der Waals surface area contributed by atoms with Crippen molar-refractivity contribution in [2.24, 2.45) is 11.5 Å². The lowest BCUT2D eigenvalue weighted by atomic mass is 10.0. The van der Waals surface area contributed by atoms with Crippen LogP contribution in [-0.4, -0.2) is 30.3 Å². The van der Waals surface area contributed by atoms with Crippen LogP contribution in [0.3, 0.4) is 0 Å². The van der Waals surface area contributed by atoms with Gasteiger partial charge in [-0.2, -0.15) is 0 Å². The maximum atomic E-state index is 11.8. The van der Waals surface area contributed by atoms with Crippen LogP contribution in [0.4, 0.5) is 0 Å². The van der Waals surface area contributed by atoms with Crippen molar-refractivity contribution >= 4 is 11.8 Å². The molecule has 4 N–H and O–H groups in total. The largest absolute Gasteiger partial charge is 0.368 e. The summed E-state index contributed by atoms with van der Waals surface area (Å²) in [6.07, 6.45) is 0.233. The predicted octanol–water partition coefficient (Wildman–Crippen LogP) is -0.368. The first-order valence-corrected chi connectivity index (χ1v) is 5.33. The molecule has 0 bridgehead atoms. The van der Waals surface area contributed by atoms with Crippen molar-refractivity contribution in [1.29, 1.82) is 0 Å². The lowest BCUT2D eigenvalue weighted by molar-refractivity contribution is -0.133. The van der Waals surface area contributed by atoms with Gasteiger partial charge in [0.2, 0.25) is 11.8 Å². The van der Waals surface area contributed by atoms with Gasteiger partial charge in [0.25, 0.3) is 0 Å². The van der Waals surface area contributed by atoms with Gasteiger partial charge in [0, 0.05) is 13.6 Å². The SMILES string of the molecule is CN(CC(N)=O)C(=O)Cc1ccccc1CN. The quantitative estimate of drug-likeness (QED) is 0.729. The molecule has 2 amide bonds. The van der Waals surface area contributed by atoms with E-state index in [1.54, 1.807) is 7.05 Å². The average Bonchev–Trinajstić information content (AvgIpc) is 2.28. The van der Waals surface area contributed by atoms with E-state index in [0.29, 0.717) is 6.54 Å². The van der Waals surface area contributed by atoms with E-state index in [4.69, 9.17) is 11.5 Å². The molecule has 0 aliphatic carbocycles. The van der Waals surface area contributed by atoms with Crippen LogP contribution in [0.5, 0.6) is 0 Å². The van der Waals surface area contributed by atoms with Crippen LogP contribution in [0.25, 0.3) is 0 Å². The zero-order valence-electron chi connectivity index (χ0n) is 9.85. The Kier molecular flexibility index (Phi) is 4.66. The highest BCUT2D eigenvalue weighted by Gasteiger charge is 2.13. The summed E-state index contributed by atoms with van der Waals surface area (Å²) in [5.74, 6) is -0.669. The van der Waals surface area contributed by atoms with E-state index >= 15 is 0 Å². The molecule has 5 heteroatoms. The Morgan fingerprint density at radius 3 is 2.35 bits per heavy atom. The molecule has 0 spiro atoms. The molecule has 1 aromatic rings. The minimum absolute atomic E-state index is 0.0658. The van der Waals surface area contributed by atoms with Crippen molar-refractivity contribution in [2.45, 2.75) is 13.0 Å². The zero-order valence-corrected chi connectivity index (χ0v) is 9.85. The molecule has 0 aromatic heterocycles. The second-order valence-corrected chi connectivity index (χ2v) is 3.87. The van der Waals surface area contributed by atoms with E-state index in [9.17, 15) is 9.59 Å². The Balaban J connectivity index is 2.70. The van der Waals surface area contributed by atoms with Crippen LogP contribution in [0.2, 0.25) is 0 Å². The second kappa shape index (κ2) is 6.00. The number of carbonyl (C=O) groups is 2. The first kappa shape index (κ1) is 13.2. The molecular formula is C12H17N3O2. The monoisotopic (exact) mass is 235 g/mol. The molecule has 0 fully saturated rings. The third kappa shape index (κ3) is 3.88. The van der Waals surface area contributed by atoms with E-state index in [1.165, 1.54) is 4.90 Å². The summed E-state index contributed by atoms with van der Waals surface area (Å²) >= 11 is 0. The van der Waals surface area contributed by atoms with Gasteiger partial charge in [-0.15, -0.1) is 0 Å². The summed E-state index contributed by atoms with van der Waals surface area (Å²) in [4.78, 5) is 23.8. The number of benzene rings is 1. The number of likely N-dealkylation sites (N-methyl/N-ethyl adjacent to an activating group) is 1. The lowest BCUT2D eigenvalue weighted by Crippen LogP contribution is -2.36. The molecule has 0 aliphatic rings. The van der Waals surface area contributed by atoms with Gasteiger partial charge in [0.05, 0.1) is 13.0 Å². The Morgan fingerprint density at radius 2 is 1.82 bits per heavy atom. The third-order valence-electron chi connectivity index (χ3n) is 2.50. The Labute approximate surface area is 100 Å². The van der Waals surface area contributed by atoms with Crippen LogP contribution in [0.1, 0.15) is 11.1 Å². The molecule has 17 heavy (non-hydrogen) atoms. The molecule has 0 aliphatic heterocycles. The maximum absolute atomic E-state index is 11.8. The zero-order chi connectivity index (χ0) is 12.8. The number of hydrogen-bond donors (Lipinski definition) is 2. The summed E-state index contributed by atoms with van der Waals surface area (Å²) in [6, 6.07) is 7.48. The van der Waals surface area contributed by atoms with Crippen LogP contribution in [0.15, 0.2) is 24.3 Å². The Morgan fingerprint density at radius 1 is 1.24 bits per heavy atom. The molecule has 92 valence electrons. The molecule has 0 saturated carbocycles. The van der Waals surface area contributed by atoms with Crippen molar-refractivity contribution in [1.82, 2.24) is 4.90 Å². The molecule has 0 atom stereocenters. The summed E-state index contributed by atoms with van der Waals surface area (Å²) in [5.41, 5.74) is 12.4. The second-order valence-electron chi connectivity index (χ2n) is 3.87. The summed E-state index contributed by atoms with van der Waals surface area (Å²) in [5, 5.41) is 0. The van der Waals surface area contributed by atoms with Gasteiger partial charge in [-0.05, 0) is 11.1 Å². The maximum Gasteiger partial charge on any atom is 0.237 e. The normalized spacial score (nSPS) is 10.0. The van der Waals surface area contributed by atoms with Crippen molar-refractivity contribution in [3.63, 3.8) is 0 Å². The number of carbonyl (C=O) groups excluding carboxylic acids is 2. The highest BCUT2D eigenvalue weighted by Crippen LogP contribution is 2.09. The van der Waals surface area contributed by atoms with E-state index in [-0.39, 0.29) is 18.9 Å². The molecule has 5 nitrogen and oxygen atoms in total. The van der Waals surface area contributed by atoms with Crippen LogP contribution < -0.4 is 11.5 Å². The van der Waals surface area contributed by atoms with Crippen molar-refractivity contribution in [3.8, 4) is 0 Å². The predicted molar refractivity (Wildman–Crippen MR) is 64.9 cm³/mol. The van der Waals surface area contributed by atoms with Gasteiger partial charge in [-0.1, -0.05) is 24.3 Å². The molecule has 0 saturated heterocycles. The van der Waals surface area contributed by atoms with Crippen molar-refractivity contribution < 1.29 is 9.59 Å². The smallest absolute Gasteiger partial charge is 0.237 e.